The first-order valence-electron chi connectivity index (χ1n) is 15.2. The van der Waals surface area contributed by atoms with Gasteiger partial charge in [-0.25, -0.2) is 4.98 Å². The minimum absolute atomic E-state index is 0.338. The molecule has 3 aliphatic rings. The van der Waals surface area contributed by atoms with Crippen LogP contribution in [0.2, 0.25) is 0 Å². The average Bonchev–Trinajstić information content (AvgIpc) is 3.57. The molecule has 212 valence electrons. The summed E-state index contributed by atoms with van der Waals surface area (Å²) in [7, 11) is 0. The quantitative estimate of drug-likeness (QED) is 0.308. The highest BCUT2D eigenvalue weighted by atomic mass is 32.1. The van der Waals surface area contributed by atoms with Gasteiger partial charge in [0.1, 0.15) is 6.04 Å². The van der Waals surface area contributed by atoms with Crippen LogP contribution >= 0.6 is 11.3 Å². The normalized spacial score (nSPS) is 23.4. The van der Waals surface area contributed by atoms with Crippen LogP contribution in [0, 0.1) is 25.7 Å². The smallest absolute Gasteiger partial charge is 0.320 e. The van der Waals surface area contributed by atoms with E-state index in [0.29, 0.717) is 23.7 Å². The zero-order valence-electron chi connectivity index (χ0n) is 24.0. The lowest BCUT2D eigenvalue weighted by atomic mass is 9.87. The van der Waals surface area contributed by atoms with Crippen molar-refractivity contribution in [2.24, 2.45) is 11.8 Å². The fourth-order valence-electron chi connectivity index (χ4n) is 7.10. The lowest BCUT2D eigenvalue weighted by molar-refractivity contribution is -0.143. The molecule has 0 radical (unpaired) electrons. The molecule has 5 nitrogen and oxygen atoms in total. The fraction of sp³-hybridized carbons (Fsp3) is 0.529. The van der Waals surface area contributed by atoms with Crippen molar-refractivity contribution < 1.29 is 9.90 Å². The molecule has 3 unspecified atom stereocenters. The number of benzene rings is 2. The zero-order chi connectivity index (χ0) is 27.6. The molecule has 3 heterocycles. The van der Waals surface area contributed by atoms with Gasteiger partial charge in [0, 0.05) is 36.9 Å². The van der Waals surface area contributed by atoms with Crippen LogP contribution < -0.4 is 0 Å². The van der Waals surface area contributed by atoms with Gasteiger partial charge in [0.2, 0.25) is 0 Å². The number of aromatic nitrogens is 1. The fourth-order valence-corrected chi connectivity index (χ4v) is 8.37. The first-order chi connectivity index (χ1) is 19.4. The predicted molar refractivity (Wildman–Crippen MR) is 162 cm³/mol. The number of carboxylic acids is 1. The van der Waals surface area contributed by atoms with Crippen molar-refractivity contribution in [2.75, 3.05) is 32.7 Å². The molecule has 2 aliphatic heterocycles. The Morgan fingerprint density at radius 2 is 1.80 bits per heavy atom. The molecule has 1 aromatic heterocycles. The van der Waals surface area contributed by atoms with Gasteiger partial charge in [-0.3, -0.25) is 9.69 Å². The van der Waals surface area contributed by atoms with E-state index < -0.39 is 5.97 Å². The van der Waals surface area contributed by atoms with Crippen molar-refractivity contribution in [3.05, 3.63) is 86.9 Å². The SMILES string of the molecule is Cc1cccc(C2CN(C(CC3CC3)C(=O)O)CC2CN2CCC(c3sc(Cc4ccccc4)nc3C)CC2)c1. The summed E-state index contributed by atoms with van der Waals surface area (Å²) in [6, 6.07) is 19.2. The van der Waals surface area contributed by atoms with Crippen LogP contribution in [0.5, 0.6) is 0 Å². The molecule has 0 bridgehead atoms. The van der Waals surface area contributed by atoms with Crippen LogP contribution in [0.3, 0.4) is 0 Å². The first kappa shape index (κ1) is 27.6. The Balaban J connectivity index is 1.11. The molecule has 40 heavy (non-hydrogen) atoms. The van der Waals surface area contributed by atoms with Crippen molar-refractivity contribution in [3.63, 3.8) is 0 Å². The van der Waals surface area contributed by atoms with Crippen LogP contribution in [0.25, 0.3) is 0 Å². The third-order valence-corrected chi connectivity index (χ3v) is 10.8. The summed E-state index contributed by atoms with van der Waals surface area (Å²) in [6.07, 6.45) is 6.49. The Labute approximate surface area is 243 Å². The Morgan fingerprint density at radius 3 is 2.50 bits per heavy atom. The highest BCUT2D eigenvalue weighted by molar-refractivity contribution is 7.11. The third kappa shape index (κ3) is 6.50. The molecular formula is C34H43N3O2S. The number of hydrogen-bond acceptors (Lipinski definition) is 5. The van der Waals surface area contributed by atoms with Gasteiger partial charge in [0.05, 0.1) is 10.7 Å². The van der Waals surface area contributed by atoms with E-state index in [9.17, 15) is 9.90 Å². The number of nitrogens with zero attached hydrogens (tertiary/aromatic N) is 3. The lowest BCUT2D eigenvalue weighted by Gasteiger charge is -2.34. The maximum atomic E-state index is 12.3. The summed E-state index contributed by atoms with van der Waals surface area (Å²) < 4.78 is 0. The highest BCUT2D eigenvalue weighted by Crippen LogP contribution is 2.40. The number of piperidine rings is 1. The third-order valence-electron chi connectivity index (χ3n) is 9.44. The van der Waals surface area contributed by atoms with Crippen molar-refractivity contribution in [3.8, 4) is 0 Å². The topological polar surface area (TPSA) is 56.7 Å². The van der Waals surface area contributed by atoms with E-state index in [0.717, 1.165) is 45.6 Å². The van der Waals surface area contributed by atoms with E-state index in [4.69, 9.17) is 4.98 Å². The summed E-state index contributed by atoms with van der Waals surface area (Å²) in [5.41, 5.74) is 5.21. The second-order valence-electron chi connectivity index (χ2n) is 12.6. The standard InChI is InChI=1S/C34H43N3O2S/c1-23-7-6-10-28(17-23)30-22-37(31(34(38)39)18-26-11-12-26)21-29(30)20-36-15-13-27(14-16-36)33-24(2)35-32(40-33)19-25-8-4-3-5-9-25/h3-10,17,26-27,29-31H,11-16,18-22H2,1-2H3,(H,38,39). The maximum absolute atomic E-state index is 12.3. The Hall–Kier alpha value is -2.54. The maximum Gasteiger partial charge on any atom is 0.320 e. The second kappa shape index (κ2) is 12.1. The van der Waals surface area contributed by atoms with Crippen molar-refractivity contribution in [1.29, 1.82) is 0 Å². The van der Waals surface area contributed by atoms with E-state index in [1.165, 1.54) is 58.0 Å². The number of aryl methyl sites for hydroxylation is 2. The molecule has 1 aliphatic carbocycles. The number of aliphatic carboxylic acids is 1. The van der Waals surface area contributed by atoms with Gasteiger partial charge >= 0.3 is 5.97 Å². The zero-order valence-corrected chi connectivity index (χ0v) is 24.8. The van der Waals surface area contributed by atoms with Crippen LogP contribution in [-0.2, 0) is 11.2 Å². The molecule has 1 N–H and O–H groups in total. The molecule has 2 aromatic carbocycles. The van der Waals surface area contributed by atoms with Crippen LogP contribution in [-0.4, -0.2) is 64.6 Å². The largest absolute Gasteiger partial charge is 0.480 e. The summed E-state index contributed by atoms with van der Waals surface area (Å²) in [4.78, 5) is 23.7. The van der Waals surface area contributed by atoms with Gasteiger partial charge in [0.25, 0.3) is 0 Å². The minimum Gasteiger partial charge on any atom is -0.480 e. The summed E-state index contributed by atoms with van der Waals surface area (Å²) >= 11 is 1.92. The van der Waals surface area contributed by atoms with E-state index in [2.05, 4.69) is 78.2 Å². The number of carboxylic acid groups (broad SMARTS) is 1. The van der Waals surface area contributed by atoms with Crippen molar-refractivity contribution in [1.82, 2.24) is 14.8 Å². The molecular weight excluding hydrogens is 514 g/mol. The molecule has 6 rings (SSSR count). The van der Waals surface area contributed by atoms with Crippen molar-refractivity contribution in [2.45, 2.75) is 70.3 Å². The van der Waals surface area contributed by atoms with Gasteiger partial charge in [0.15, 0.2) is 0 Å². The van der Waals surface area contributed by atoms with E-state index in [-0.39, 0.29) is 6.04 Å². The Morgan fingerprint density at radius 1 is 1.02 bits per heavy atom. The van der Waals surface area contributed by atoms with Gasteiger partial charge in [-0.2, -0.15) is 0 Å². The second-order valence-corrected chi connectivity index (χ2v) is 13.7. The van der Waals surface area contributed by atoms with Gasteiger partial charge in [-0.05, 0) is 75.1 Å². The van der Waals surface area contributed by atoms with Gasteiger partial charge in [-0.1, -0.05) is 73.0 Å². The van der Waals surface area contributed by atoms with Crippen LogP contribution in [0.1, 0.15) is 76.2 Å². The molecule has 3 fully saturated rings. The predicted octanol–water partition coefficient (Wildman–Crippen LogP) is 6.50. The number of thiazole rings is 1. The number of likely N-dealkylation sites (tertiary alicyclic amines) is 2. The molecule has 0 amide bonds. The van der Waals surface area contributed by atoms with E-state index >= 15 is 0 Å². The van der Waals surface area contributed by atoms with Crippen LogP contribution in [0.15, 0.2) is 54.6 Å². The van der Waals surface area contributed by atoms with Crippen LogP contribution in [0.4, 0.5) is 0 Å². The Bertz CT molecular complexity index is 1300. The molecule has 0 spiro atoms. The number of rotatable bonds is 10. The van der Waals surface area contributed by atoms with Crippen molar-refractivity contribution >= 4 is 17.3 Å². The summed E-state index contributed by atoms with van der Waals surface area (Å²) in [6.45, 7) is 9.37. The molecule has 6 heteroatoms. The van der Waals surface area contributed by atoms with Gasteiger partial charge in [-0.15, -0.1) is 11.3 Å². The summed E-state index contributed by atoms with van der Waals surface area (Å²) in [5.74, 6) is 1.42. The number of hydrogen-bond donors (Lipinski definition) is 1. The Kier molecular flexibility index (Phi) is 8.38. The van der Waals surface area contributed by atoms with E-state index in [1.807, 2.05) is 11.3 Å². The molecule has 3 aromatic rings. The minimum atomic E-state index is -0.636. The summed E-state index contributed by atoms with van der Waals surface area (Å²) in [5, 5.41) is 11.3. The van der Waals surface area contributed by atoms with Gasteiger partial charge < -0.3 is 10.0 Å². The molecule has 2 saturated heterocycles. The first-order valence-corrected chi connectivity index (χ1v) is 16.0. The average molecular weight is 558 g/mol. The van der Waals surface area contributed by atoms with E-state index in [1.54, 1.807) is 0 Å². The molecule has 3 atom stereocenters. The monoisotopic (exact) mass is 557 g/mol. The molecule has 1 saturated carbocycles. The highest BCUT2D eigenvalue weighted by Gasteiger charge is 2.42. The number of carbonyl (C=O) groups is 1. The lowest BCUT2D eigenvalue weighted by Crippen LogP contribution is -2.41.